The van der Waals surface area contributed by atoms with Crippen molar-refractivity contribution < 1.29 is 9.53 Å². The molecule has 110 valence electrons. The normalized spacial score (nSPS) is 29.3. The molecule has 19 heavy (non-hydrogen) atoms. The Hall–Kier alpha value is -0.770. The van der Waals surface area contributed by atoms with E-state index in [2.05, 4.69) is 12.2 Å². The van der Waals surface area contributed by atoms with Gasteiger partial charge in [0.15, 0.2) is 0 Å². The molecular weight excluding hydrogens is 240 g/mol. The van der Waals surface area contributed by atoms with E-state index in [4.69, 9.17) is 4.74 Å². The van der Waals surface area contributed by atoms with E-state index in [1.165, 1.54) is 25.7 Å². The lowest BCUT2D eigenvalue weighted by molar-refractivity contribution is 0.0924. The van der Waals surface area contributed by atoms with E-state index >= 15 is 0 Å². The summed E-state index contributed by atoms with van der Waals surface area (Å²) in [6.07, 6.45) is 7.40. The third-order valence-corrected chi connectivity index (χ3v) is 4.58. The molecule has 2 rings (SSSR count). The van der Waals surface area contributed by atoms with Crippen LogP contribution in [0.4, 0.5) is 4.79 Å². The predicted octanol–water partition coefficient (Wildman–Crippen LogP) is 2.78. The maximum Gasteiger partial charge on any atom is 0.409 e. The minimum Gasteiger partial charge on any atom is -0.450 e. The number of carbonyl (C=O) groups excluding carboxylic acids is 1. The summed E-state index contributed by atoms with van der Waals surface area (Å²) in [5, 5.41) is 3.82. The lowest BCUT2D eigenvalue weighted by Gasteiger charge is -2.37. The second-order valence-electron chi connectivity index (χ2n) is 6.00. The van der Waals surface area contributed by atoms with Crippen LogP contribution in [0.15, 0.2) is 0 Å². The number of carbonyl (C=O) groups is 1. The van der Waals surface area contributed by atoms with E-state index in [9.17, 15) is 4.79 Å². The molecule has 0 aromatic rings. The number of hydrogen-bond donors (Lipinski definition) is 1. The highest BCUT2D eigenvalue weighted by molar-refractivity contribution is 5.67. The van der Waals surface area contributed by atoms with Crippen LogP contribution in [0, 0.1) is 5.92 Å². The summed E-state index contributed by atoms with van der Waals surface area (Å²) in [4.78, 5) is 13.5. The van der Waals surface area contributed by atoms with Crippen molar-refractivity contribution in [1.82, 2.24) is 10.2 Å². The van der Waals surface area contributed by atoms with Gasteiger partial charge in [-0.1, -0.05) is 19.8 Å². The van der Waals surface area contributed by atoms with Crippen LogP contribution in [0.2, 0.25) is 0 Å². The molecule has 2 atom stereocenters. The summed E-state index contributed by atoms with van der Waals surface area (Å²) in [6, 6.07) is 1.27. The monoisotopic (exact) mass is 268 g/mol. The molecule has 0 bridgehead atoms. The molecule has 1 aliphatic carbocycles. The molecule has 0 unspecified atom stereocenters. The number of piperidine rings is 1. The molecule has 1 aliphatic heterocycles. The zero-order valence-corrected chi connectivity index (χ0v) is 12.4. The molecule has 4 nitrogen and oxygen atoms in total. The Labute approximate surface area is 116 Å². The first-order valence-electron chi connectivity index (χ1n) is 7.88. The van der Waals surface area contributed by atoms with Gasteiger partial charge in [0.25, 0.3) is 0 Å². The molecule has 1 N–H and O–H groups in total. The fourth-order valence-electron chi connectivity index (χ4n) is 3.31. The number of rotatable bonds is 3. The van der Waals surface area contributed by atoms with Crippen molar-refractivity contribution >= 4 is 6.09 Å². The molecule has 0 aromatic heterocycles. The van der Waals surface area contributed by atoms with Crippen LogP contribution < -0.4 is 5.32 Å². The van der Waals surface area contributed by atoms with Crippen LogP contribution in [0.1, 0.15) is 52.4 Å². The van der Waals surface area contributed by atoms with Crippen LogP contribution in [-0.2, 0) is 4.74 Å². The largest absolute Gasteiger partial charge is 0.450 e. The van der Waals surface area contributed by atoms with Crippen molar-refractivity contribution in [3.63, 3.8) is 0 Å². The molecule has 0 spiro atoms. The minimum absolute atomic E-state index is 0.146. The maximum atomic E-state index is 11.6. The summed E-state index contributed by atoms with van der Waals surface area (Å²) in [5.74, 6) is 0.803. The van der Waals surface area contributed by atoms with Gasteiger partial charge in [0.05, 0.1) is 6.61 Å². The first-order chi connectivity index (χ1) is 9.20. The maximum absolute atomic E-state index is 11.6. The lowest BCUT2D eigenvalue weighted by atomic mass is 9.85. The Kier molecular flexibility index (Phi) is 5.49. The SMILES string of the molecule is CCOC(=O)N1CCC(N[C@H]2CCCC[C@H]2C)CC1. The van der Waals surface area contributed by atoms with Crippen LogP contribution in [-0.4, -0.2) is 42.8 Å². The van der Waals surface area contributed by atoms with Crippen molar-refractivity contribution in [1.29, 1.82) is 0 Å². The predicted molar refractivity (Wildman–Crippen MR) is 76.2 cm³/mol. The van der Waals surface area contributed by atoms with Crippen molar-refractivity contribution in [3.05, 3.63) is 0 Å². The van der Waals surface area contributed by atoms with Gasteiger partial charge in [-0.2, -0.15) is 0 Å². The molecule has 1 saturated carbocycles. The van der Waals surface area contributed by atoms with Gasteiger partial charge in [-0.25, -0.2) is 4.79 Å². The Morgan fingerprint density at radius 1 is 1.21 bits per heavy atom. The zero-order valence-electron chi connectivity index (χ0n) is 12.4. The molecule has 0 aromatic carbocycles. The second kappa shape index (κ2) is 7.13. The van der Waals surface area contributed by atoms with E-state index in [0.717, 1.165) is 31.8 Å². The highest BCUT2D eigenvalue weighted by atomic mass is 16.6. The van der Waals surface area contributed by atoms with E-state index in [0.29, 0.717) is 18.7 Å². The minimum atomic E-state index is -0.146. The van der Waals surface area contributed by atoms with Gasteiger partial charge >= 0.3 is 6.09 Å². The molecule has 1 heterocycles. The van der Waals surface area contributed by atoms with Crippen LogP contribution >= 0.6 is 0 Å². The first-order valence-corrected chi connectivity index (χ1v) is 7.88. The summed E-state index contributed by atoms with van der Waals surface area (Å²) < 4.78 is 5.05. The fourth-order valence-corrected chi connectivity index (χ4v) is 3.31. The number of likely N-dealkylation sites (tertiary alicyclic amines) is 1. The highest BCUT2D eigenvalue weighted by Crippen LogP contribution is 2.25. The Bertz CT molecular complexity index is 288. The van der Waals surface area contributed by atoms with Gasteiger partial charge in [0, 0.05) is 25.2 Å². The van der Waals surface area contributed by atoms with Gasteiger partial charge in [-0.3, -0.25) is 0 Å². The number of ether oxygens (including phenoxy) is 1. The van der Waals surface area contributed by atoms with Gasteiger partial charge in [0.2, 0.25) is 0 Å². The number of nitrogens with zero attached hydrogens (tertiary/aromatic N) is 1. The molecular formula is C15H28N2O2. The zero-order chi connectivity index (χ0) is 13.7. The molecule has 4 heteroatoms. The summed E-state index contributed by atoms with van der Waals surface area (Å²) in [7, 11) is 0. The van der Waals surface area contributed by atoms with Crippen LogP contribution in [0.5, 0.6) is 0 Å². The quantitative estimate of drug-likeness (QED) is 0.855. The number of hydrogen-bond acceptors (Lipinski definition) is 3. The van der Waals surface area contributed by atoms with E-state index in [-0.39, 0.29) is 6.09 Å². The van der Waals surface area contributed by atoms with Crippen molar-refractivity contribution in [2.75, 3.05) is 19.7 Å². The first kappa shape index (κ1) is 14.6. The third-order valence-electron chi connectivity index (χ3n) is 4.58. The molecule has 2 fully saturated rings. The average molecular weight is 268 g/mol. The van der Waals surface area contributed by atoms with Gasteiger partial charge in [-0.15, -0.1) is 0 Å². The summed E-state index contributed by atoms with van der Waals surface area (Å²) in [5.41, 5.74) is 0. The molecule has 2 aliphatic rings. The lowest BCUT2D eigenvalue weighted by Crippen LogP contribution is -2.50. The van der Waals surface area contributed by atoms with Crippen LogP contribution in [0.3, 0.4) is 0 Å². The average Bonchev–Trinajstić information content (AvgIpc) is 2.42. The fraction of sp³-hybridized carbons (Fsp3) is 0.933. The van der Waals surface area contributed by atoms with Crippen molar-refractivity contribution in [2.45, 2.75) is 64.5 Å². The molecule has 1 amide bonds. The second-order valence-corrected chi connectivity index (χ2v) is 6.00. The van der Waals surface area contributed by atoms with E-state index < -0.39 is 0 Å². The third kappa shape index (κ3) is 4.10. The Morgan fingerprint density at radius 2 is 1.89 bits per heavy atom. The topological polar surface area (TPSA) is 41.6 Å². The Balaban J connectivity index is 1.72. The standard InChI is InChI=1S/C15H28N2O2/c1-3-19-15(18)17-10-8-13(9-11-17)16-14-7-5-4-6-12(14)2/h12-14,16H,3-11H2,1-2H3/t12-,14+/m1/s1. The highest BCUT2D eigenvalue weighted by Gasteiger charge is 2.27. The summed E-state index contributed by atoms with van der Waals surface area (Å²) in [6.45, 7) is 6.35. The van der Waals surface area contributed by atoms with Crippen molar-refractivity contribution in [3.8, 4) is 0 Å². The van der Waals surface area contributed by atoms with Gasteiger partial charge in [-0.05, 0) is 38.5 Å². The number of amides is 1. The van der Waals surface area contributed by atoms with Crippen molar-refractivity contribution in [2.24, 2.45) is 5.92 Å². The van der Waals surface area contributed by atoms with E-state index in [1.807, 2.05) is 11.8 Å². The molecule has 0 radical (unpaired) electrons. The van der Waals surface area contributed by atoms with Crippen LogP contribution in [0.25, 0.3) is 0 Å². The van der Waals surface area contributed by atoms with E-state index in [1.54, 1.807) is 0 Å². The van der Waals surface area contributed by atoms with Gasteiger partial charge in [0.1, 0.15) is 0 Å². The molecule has 1 saturated heterocycles. The smallest absolute Gasteiger partial charge is 0.409 e. The Morgan fingerprint density at radius 3 is 2.53 bits per heavy atom. The summed E-state index contributed by atoms with van der Waals surface area (Å²) >= 11 is 0. The number of nitrogens with one attached hydrogen (secondary N) is 1. The van der Waals surface area contributed by atoms with Gasteiger partial charge < -0.3 is 15.0 Å².